The number of rotatable bonds is 6. The molecule has 2 aromatic heterocycles. The quantitative estimate of drug-likeness (QED) is 0.168. The van der Waals surface area contributed by atoms with Gasteiger partial charge in [-0.15, -0.1) is 0 Å². The second-order valence-electron chi connectivity index (χ2n) is 16.8. The Morgan fingerprint density at radius 1 is 0.262 bits per heavy atom. The fraction of sp³-hybridized carbons (Fsp3) is 0. The highest BCUT2D eigenvalue weighted by Crippen LogP contribution is 2.46. The van der Waals surface area contributed by atoms with Crippen molar-refractivity contribution in [3.63, 3.8) is 0 Å². The molecule has 13 rings (SSSR count). The average Bonchev–Trinajstić information content (AvgIpc) is 3.70. The number of nitrogens with zero attached hydrogens (tertiary/aromatic N) is 4. The van der Waals surface area contributed by atoms with Crippen LogP contribution < -0.4 is 0 Å². The van der Waals surface area contributed by atoms with Crippen LogP contribution in [0.15, 0.2) is 231 Å². The molecule has 0 aliphatic rings. The molecule has 0 aliphatic heterocycles. The molecule has 0 amide bonds. The van der Waals surface area contributed by atoms with Gasteiger partial charge in [0.25, 0.3) is 0 Å². The summed E-state index contributed by atoms with van der Waals surface area (Å²) in [6.07, 6.45) is 0. The normalized spacial score (nSPS) is 11.7. The van der Waals surface area contributed by atoms with Crippen LogP contribution in [0.25, 0.3) is 127 Å². The molecule has 0 saturated carbocycles. The van der Waals surface area contributed by atoms with E-state index in [1.807, 2.05) is 18.2 Å². The topological polar surface area (TPSA) is 43.6 Å². The van der Waals surface area contributed by atoms with Crippen LogP contribution in [0.4, 0.5) is 0 Å². The minimum Gasteiger partial charge on any atom is -0.308 e. The molecule has 13 aromatic rings. The maximum Gasteiger partial charge on any atom is 0.164 e. The van der Waals surface area contributed by atoms with Gasteiger partial charge in [0.15, 0.2) is 17.5 Å². The van der Waals surface area contributed by atoms with Gasteiger partial charge in [0.2, 0.25) is 0 Å². The Hall–Kier alpha value is -8.73. The zero-order valence-electron chi connectivity index (χ0n) is 35.2. The molecule has 0 aliphatic carbocycles. The monoisotopic (exact) mass is 826 g/mol. The van der Waals surface area contributed by atoms with Gasteiger partial charge in [-0.3, -0.25) is 0 Å². The summed E-state index contributed by atoms with van der Waals surface area (Å²) < 4.78 is 2.52. The smallest absolute Gasteiger partial charge is 0.164 e. The van der Waals surface area contributed by atoms with Gasteiger partial charge in [-0.25, -0.2) is 15.0 Å². The lowest BCUT2D eigenvalue weighted by Crippen LogP contribution is -2.04. The lowest BCUT2D eigenvalue weighted by atomic mass is 9.91. The summed E-state index contributed by atoms with van der Waals surface area (Å²) in [7, 11) is 0. The third-order valence-corrected chi connectivity index (χ3v) is 12.9. The second-order valence-corrected chi connectivity index (χ2v) is 16.8. The van der Waals surface area contributed by atoms with E-state index in [9.17, 15) is 0 Å². The minimum atomic E-state index is 0.604. The summed E-state index contributed by atoms with van der Waals surface area (Å²) in [6.45, 7) is 0. The van der Waals surface area contributed by atoms with Crippen molar-refractivity contribution in [1.29, 1.82) is 0 Å². The first-order valence-corrected chi connectivity index (χ1v) is 22.1. The third kappa shape index (κ3) is 6.26. The van der Waals surface area contributed by atoms with Gasteiger partial charge in [0.1, 0.15) is 0 Å². The van der Waals surface area contributed by atoms with Crippen LogP contribution in [-0.2, 0) is 0 Å². The van der Waals surface area contributed by atoms with Crippen LogP contribution in [-0.4, -0.2) is 19.5 Å². The molecule has 0 bridgehead atoms. The fourth-order valence-corrected chi connectivity index (χ4v) is 9.81. The van der Waals surface area contributed by atoms with Gasteiger partial charge in [0.05, 0.1) is 16.7 Å². The molecule has 0 unspecified atom stereocenters. The number of aromatic nitrogens is 4. The van der Waals surface area contributed by atoms with Crippen molar-refractivity contribution in [3.05, 3.63) is 231 Å². The molecule has 0 spiro atoms. The van der Waals surface area contributed by atoms with Crippen molar-refractivity contribution >= 4 is 64.9 Å². The van der Waals surface area contributed by atoms with Gasteiger partial charge in [-0.1, -0.05) is 188 Å². The van der Waals surface area contributed by atoms with Gasteiger partial charge >= 0.3 is 0 Å². The molecule has 302 valence electrons. The van der Waals surface area contributed by atoms with Crippen LogP contribution in [0.3, 0.4) is 0 Å². The Bertz CT molecular complexity index is 4000. The molecule has 0 fully saturated rings. The van der Waals surface area contributed by atoms with Gasteiger partial charge in [-0.05, 0) is 96.7 Å². The maximum atomic E-state index is 5.36. The van der Waals surface area contributed by atoms with Crippen molar-refractivity contribution in [3.8, 4) is 62.1 Å². The molecule has 4 heteroatoms. The standard InChI is InChI=1S/C61H38N4/c1-3-17-41(18-4-1)52-36-50(61-63-59(43-20-5-2-6-21-43)62-60(64-61)49-30-28-40-16-8-10-23-45(40)34-49)37-53(48-29-27-39-15-7-9-22-44(39)33-48)58(52)65-55-32-31-42-19-13-14-26-51(42)57(55)54-35-46-24-11-12-25-47(46)38-56(54)65/h1-38H. The first-order valence-electron chi connectivity index (χ1n) is 22.1. The first-order chi connectivity index (χ1) is 32.2. The Kier molecular flexibility index (Phi) is 8.50. The average molecular weight is 827 g/mol. The maximum absolute atomic E-state index is 5.36. The predicted octanol–water partition coefficient (Wildman–Crippen LogP) is 15.9. The van der Waals surface area contributed by atoms with Gasteiger partial charge in [-0.2, -0.15) is 0 Å². The van der Waals surface area contributed by atoms with Gasteiger partial charge in [0, 0.05) is 38.6 Å². The van der Waals surface area contributed by atoms with Crippen molar-refractivity contribution in [2.75, 3.05) is 0 Å². The third-order valence-electron chi connectivity index (χ3n) is 12.9. The minimum absolute atomic E-state index is 0.604. The Morgan fingerprint density at radius 2 is 0.723 bits per heavy atom. The van der Waals surface area contributed by atoms with Crippen molar-refractivity contribution in [1.82, 2.24) is 19.5 Å². The lowest BCUT2D eigenvalue weighted by molar-refractivity contribution is 1.07. The molecule has 0 saturated heterocycles. The van der Waals surface area contributed by atoms with E-state index in [0.717, 1.165) is 61.1 Å². The predicted molar refractivity (Wildman–Crippen MR) is 271 cm³/mol. The van der Waals surface area contributed by atoms with Crippen molar-refractivity contribution in [2.24, 2.45) is 0 Å². The highest BCUT2D eigenvalue weighted by Gasteiger charge is 2.24. The molecule has 0 atom stereocenters. The lowest BCUT2D eigenvalue weighted by Gasteiger charge is -2.21. The summed E-state index contributed by atoms with van der Waals surface area (Å²) in [4.78, 5) is 15.8. The van der Waals surface area contributed by atoms with E-state index in [1.165, 1.54) is 48.5 Å². The van der Waals surface area contributed by atoms with E-state index in [1.54, 1.807) is 0 Å². The van der Waals surface area contributed by atoms with Crippen LogP contribution in [0.1, 0.15) is 0 Å². The Balaban J connectivity index is 1.17. The van der Waals surface area contributed by atoms with E-state index >= 15 is 0 Å². The van der Waals surface area contributed by atoms with Crippen molar-refractivity contribution in [2.45, 2.75) is 0 Å². The van der Waals surface area contributed by atoms with E-state index in [-0.39, 0.29) is 0 Å². The summed E-state index contributed by atoms with van der Waals surface area (Å²) in [6, 6.07) is 82.7. The fourth-order valence-electron chi connectivity index (χ4n) is 9.81. The molecule has 4 nitrogen and oxygen atoms in total. The highest BCUT2D eigenvalue weighted by molar-refractivity contribution is 6.24. The molecule has 11 aromatic carbocycles. The number of hydrogen-bond acceptors (Lipinski definition) is 3. The molecular weight excluding hydrogens is 789 g/mol. The van der Waals surface area contributed by atoms with E-state index in [2.05, 4.69) is 217 Å². The van der Waals surface area contributed by atoms with E-state index < -0.39 is 0 Å². The second kappa shape index (κ2) is 15.0. The summed E-state index contributed by atoms with van der Waals surface area (Å²) in [5.41, 5.74) is 10.5. The van der Waals surface area contributed by atoms with Crippen LogP contribution in [0.2, 0.25) is 0 Å². The Labute approximate surface area is 375 Å². The molecular formula is C61H38N4. The van der Waals surface area contributed by atoms with Crippen molar-refractivity contribution < 1.29 is 0 Å². The number of fused-ring (bicyclic) bond motifs is 8. The molecule has 0 N–H and O–H groups in total. The van der Waals surface area contributed by atoms with Crippen LogP contribution in [0, 0.1) is 0 Å². The Morgan fingerprint density at radius 3 is 1.38 bits per heavy atom. The molecule has 0 radical (unpaired) electrons. The largest absolute Gasteiger partial charge is 0.308 e. The first kappa shape index (κ1) is 36.9. The zero-order chi connectivity index (χ0) is 42.8. The van der Waals surface area contributed by atoms with Crippen LogP contribution >= 0.6 is 0 Å². The SMILES string of the molecule is c1ccc(-c2nc(-c3cc(-c4ccccc4)c(-n4c5cc6ccccc6cc5c5c6ccccc6ccc54)c(-c4ccc5ccccc5c4)c3)nc(-c3ccc4ccccc4c3)n2)cc1. The highest BCUT2D eigenvalue weighted by atomic mass is 15.0. The van der Waals surface area contributed by atoms with Crippen LogP contribution in [0.5, 0.6) is 0 Å². The zero-order valence-corrected chi connectivity index (χ0v) is 35.2. The summed E-state index contributed by atoms with van der Waals surface area (Å²) in [5, 5.41) is 12.0. The molecule has 2 heterocycles. The van der Waals surface area contributed by atoms with Gasteiger partial charge < -0.3 is 4.57 Å². The van der Waals surface area contributed by atoms with E-state index in [0.29, 0.717) is 17.5 Å². The summed E-state index contributed by atoms with van der Waals surface area (Å²) in [5.74, 6) is 1.85. The number of benzene rings is 11. The number of hydrogen-bond donors (Lipinski definition) is 0. The summed E-state index contributed by atoms with van der Waals surface area (Å²) >= 11 is 0. The molecule has 65 heavy (non-hydrogen) atoms. The van der Waals surface area contributed by atoms with E-state index in [4.69, 9.17) is 15.0 Å².